The van der Waals surface area contributed by atoms with Gasteiger partial charge in [0.2, 0.25) is 0 Å². The topological polar surface area (TPSA) is 23.8 Å². The molecule has 0 spiro atoms. The van der Waals surface area contributed by atoms with Crippen LogP contribution in [-0.2, 0) is 0 Å². The molecule has 0 aromatic carbocycles. The molecule has 1 heteroatoms. The summed E-state index contributed by atoms with van der Waals surface area (Å²) >= 11 is 0. The third kappa shape index (κ3) is 1.57. The smallest absolute Gasteiger partial charge is 0.0624 e. The number of allylic oxidation sites excluding steroid dienone is 1. The Labute approximate surface area is 56.0 Å². The van der Waals surface area contributed by atoms with Crippen LogP contribution in [0.3, 0.4) is 0 Å². The monoisotopic (exact) mass is 121 g/mol. The highest BCUT2D eigenvalue weighted by molar-refractivity contribution is 5.03. The third-order valence-electron chi connectivity index (χ3n) is 1.86. The molecule has 1 aliphatic carbocycles. The van der Waals surface area contributed by atoms with Crippen LogP contribution in [0.4, 0.5) is 0 Å². The minimum absolute atomic E-state index is 0.627. The van der Waals surface area contributed by atoms with Gasteiger partial charge in [-0.1, -0.05) is 12.2 Å². The van der Waals surface area contributed by atoms with Gasteiger partial charge >= 0.3 is 0 Å². The molecule has 0 bridgehead atoms. The first-order valence-corrected chi connectivity index (χ1v) is 3.36. The highest BCUT2D eigenvalue weighted by Crippen LogP contribution is 2.30. The Morgan fingerprint density at radius 2 is 2.56 bits per heavy atom. The van der Waals surface area contributed by atoms with Crippen LogP contribution in [0.1, 0.15) is 25.7 Å². The summed E-state index contributed by atoms with van der Waals surface area (Å²) in [5.41, 5.74) is 1.33. The lowest BCUT2D eigenvalue weighted by molar-refractivity contribution is 0.571. The van der Waals surface area contributed by atoms with Crippen molar-refractivity contribution in [3.63, 3.8) is 0 Å². The zero-order chi connectivity index (χ0) is 6.69. The molecule has 1 atom stereocenters. The Morgan fingerprint density at radius 1 is 1.78 bits per heavy atom. The van der Waals surface area contributed by atoms with Gasteiger partial charge in [-0.05, 0) is 25.2 Å². The van der Waals surface area contributed by atoms with Crippen LogP contribution in [-0.4, -0.2) is 0 Å². The van der Waals surface area contributed by atoms with E-state index in [1.165, 1.54) is 12.0 Å². The molecule has 1 rings (SSSR count). The molecule has 0 saturated heterocycles. The van der Waals surface area contributed by atoms with E-state index in [0.717, 1.165) is 19.3 Å². The summed E-state index contributed by atoms with van der Waals surface area (Å²) in [7, 11) is 0. The van der Waals surface area contributed by atoms with E-state index in [1.54, 1.807) is 0 Å². The molecule has 0 radical (unpaired) electrons. The average Bonchev–Trinajstić information content (AvgIpc) is 2.17. The molecule has 48 valence electrons. The lowest BCUT2D eigenvalue weighted by Crippen LogP contribution is -1.88. The maximum atomic E-state index is 8.33. The Kier molecular flexibility index (Phi) is 1.89. The van der Waals surface area contributed by atoms with E-state index in [0.29, 0.717) is 5.92 Å². The van der Waals surface area contributed by atoms with Crippen molar-refractivity contribution in [2.24, 2.45) is 5.92 Å². The SMILES string of the molecule is C=C1CCC(CC#N)C1. The van der Waals surface area contributed by atoms with Crippen LogP contribution in [0.15, 0.2) is 12.2 Å². The molecule has 0 aliphatic heterocycles. The predicted octanol–water partition coefficient (Wildman–Crippen LogP) is 2.26. The molecule has 0 aromatic rings. The zero-order valence-corrected chi connectivity index (χ0v) is 5.56. The number of nitriles is 1. The minimum atomic E-state index is 0.627. The van der Waals surface area contributed by atoms with E-state index in [4.69, 9.17) is 5.26 Å². The van der Waals surface area contributed by atoms with Gasteiger partial charge in [-0.15, -0.1) is 0 Å². The van der Waals surface area contributed by atoms with Crippen LogP contribution < -0.4 is 0 Å². The summed E-state index contributed by atoms with van der Waals surface area (Å²) in [5.74, 6) is 0.627. The molecular formula is C8H11N. The van der Waals surface area contributed by atoms with Gasteiger partial charge in [0.05, 0.1) is 6.07 Å². The summed E-state index contributed by atoms with van der Waals surface area (Å²) in [6.07, 6.45) is 4.14. The summed E-state index contributed by atoms with van der Waals surface area (Å²) in [5, 5.41) is 8.33. The molecule has 1 saturated carbocycles. The summed E-state index contributed by atoms with van der Waals surface area (Å²) in [6.45, 7) is 3.88. The Morgan fingerprint density at radius 3 is 3.00 bits per heavy atom. The second-order valence-corrected chi connectivity index (χ2v) is 2.72. The average molecular weight is 121 g/mol. The highest BCUT2D eigenvalue weighted by atomic mass is 14.3. The maximum Gasteiger partial charge on any atom is 0.0624 e. The van der Waals surface area contributed by atoms with Crippen molar-refractivity contribution < 1.29 is 0 Å². The molecule has 9 heavy (non-hydrogen) atoms. The van der Waals surface area contributed by atoms with Crippen LogP contribution in [0.25, 0.3) is 0 Å². The van der Waals surface area contributed by atoms with Gasteiger partial charge in [-0.25, -0.2) is 0 Å². The van der Waals surface area contributed by atoms with Gasteiger partial charge in [0.25, 0.3) is 0 Å². The van der Waals surface area contributed by atoms with E-state index >= 15 is 0 Å². The van der Waals surface area contributed by atoms with Crippen molar-refractivity contribution in [1.82, 2.24) is 0 Å². The Bertz CT molecular complexity index is 152. The van der Waals surface area contributed by atoms with Crippen LogP contribution in [0, 0.1) is 17.2 Å². The summed E-state index contributed by atoms with van der Waals surface area (Å²) in [4.78, 5) is 0. The van der Waals surface area contributed by atoms with Crippen molar-refractivity contribution in [2.75, 3.05) is 0 Å². The van der Waals surface area contributed by atoms with Gasteiger partial charge in [-0.2, -0.15) is 5.26 Å². The van der Waals surface area contributed by atoms with E-state index in [-0.39, 0.29) is 0 Å². The normalized spacial score (nSPS) is 26.1. The number of nitrogens with zero attached hydrogens (tertiary/aromatic N) is 1. The molecule has 1 aliphatic rings. The van der Waals surface area contributed by atoms with Gasteiger partial charge in [0.1, 0.15) is 0 Å². The van der Waals surface area contributed by atoms with E-state index in [1.807, 2.05) is 0 Å². The van der Waals surface area contributed by atoms with Crippen molar-refractivity contribution >= 4 is 0 Å². The van der Waals surface area contributed by atoms with Gasteiger partial charge in [-0.3, -0.25) is 0 Å². The highest BCUT2D eigenvalue weighted by Gasteiger charge is 2.16. The zero-order valence-electron chi connectivity index (χ0n) is 5.56. The third-order valence-corrected chi connectivity index (χ3v) is 1.86. The van der Waals surface area contributed by atoms with Crippen molar-refractivity contribution in [1.29, 1.82) is 5.26 Å². The Balaban J connectivity index is 2.32. The minimum Gasteiger partial charge on any atom is -0.198 e. The van der Waals surface area contributed by atoms with Crippen molar-refractivity contribution in [2.45, 2.75) is 25.7 Å². The lowest BCUT2D eigenvalue weighted by Gasteiger charge is -1.98. The second-order valence-electron chi connectivity index (χ2n) is 2.72. The molecule has 0 amide bonds. The first-order valence-electron chi connectivity index (χ1n) is 3.36. The van der Waals surface area contributed by atoms with E-state index < -0.39 is 0 Å². The van der Waals surface area contributed by atoms with Crippen LogP contribution in [0.5, 0.6) is 0 Å². The predicted molar refractivity (Wildman–Crippen MR) is 36.7 cm³/mol. The molecule has 0 N–H and O–H groups in total. The van der Waals surface area contributed by atoms with Crippen molar-refractivity contribution in [3.05, 3.63) is 12.2 Å². The van der Waals surface area contributed by atoms with Gasteiger partial charge in [0.15, 0.2) is 0 Å². The fourth-order valence-electron chi connectivity index (χ4n) is 1.32. The molecule has 1 fully saturated rings. The van der Waals surface area contributed by atoms with Crippen molar-refractivity contribution in [3.8, 4) is 6.07 Å². The van der Waals surface area contributed by atoms with E-state index in [2.05, 4.69) is 12.6 Å². The largest absolute Gasteiger partial charge is 0.198 e. The molecule has 0 heterocycles. The molecular weight excluding hydrogens is 110 g/mol. The Hall–Kier alpha value is -0.770. The molecule has 1 nitrogen and oxygen atoms in total. The molecule has 0 aromatic heterocycles. The second kappa shape index (κ2) is 2.68. The fraction of sp³-hybridized carbons (Fsp3) is 0.625. The number of hydrogen-bond donors (Lipinski definition) is 0. The maximum absolute atomic E-state index is 8.33. The van der Waals surface area contributed by atoms with Crippen LogP contribution >= 0.6 is 0 Å². The summed E-state index contributed by atoms with van der Waals surface area (Å²) < 4.78 is 0. The lowest BCUT2D eigenvalue weighted by atomic mass is 10.1. The molecule has 1 unspecified atom stereocenters. The number of hydrogen-bond acceptors (Lipinski definition) is 1. The first kappa shape index (κ1) is 6.35. The van der Waals surface area contributed by atoms with Gasteiger partial charge < -0.3 is 0 Å². The standard InChI is InChI=1S/C8H11N/c1-7-2-3-8(6-7)4-5-9/h8H,1-4,6H2. The van der Waals surface area contributed by atoms with Gasteiger partial charge in [0, 0.05) is 6.42 Å². The summed E-state index contributed by atoms with van der Waals surface area (Å²) in [6, 6.07) is 2.19. The quantitative estimate of drug-likeness (QED) is 0.488. The van der Waals surface area contributed by atoms with E-state index in [9.17, 15) is 0 Å². The first-order chi connectivity index (χ1) is 4.33. The number of rotatable bonds is 1. The van der Waals surface area contributed by atoms with Crippen LogP contribution in [0.2, 0.25) is 0 Å². The fourth-order valence-corrected chi connectivity index (χ4v) is 1.32.